The number of hydrogen-bond acceptors (Lipinski definition) is 5. The van der Waals surface area contributed by atoms with Crippen LogP contribution in [0.4, 0.5) is 5.69 Å². The molecule has 0 bridgehead atoms. The van der Waals surface area contributed by atoms with E-state index >= 15 is 0 Å². The molecule has 20 heavy (non-hydrogen) atoms. The Bertz CT molecular complexity index is 711. The van der Waals surface area contributed by atoms with Gasteiger partial charge >= 0.3 is 0 Å². The number of benzene rings is 1. The van der Waals surface area contributed by atoms with Crippen molar-refractivity contribution in [3.63, 3.8) is 0 Å². The second-order valence-corrected chi connectivity index (χ2v) is 6.42. The average molecular weight is 293 g/mol. The summed E-state index contributed by atoms with van der Waals surface area (Å²) in [5.41, 5.74) is 2.03. The molecule has 1 aliphatic rings. The van der Waals surface area contributed by atoms with Crippen molar-refractivity contribution in [3.8, 4) is 0 Å². The van der Waals surface area contributed by atoms with Gasteiger partial charge in [-0.3, -0.25) is 5.10 Å². The summed E-state index contributed by atoms with van der Waals surface area (Å²) in [6, 6.07) is 4.67. The van der Waals surface area contributed by atoms with Gasteiger partial charge in [-0.2, -0.15) is 5.10 Å². The second kappa shape index (κ2) is 4.88. The van der Waals surface area contributed by atoms with E-state index in [0.717, 1.165) is 24.2 Å². The second-order valence-electron chi connectivity index (χ2n) is 4.71. The summed E-state index contributed by atoms with van der Waals surface area (Å²) in [7, 11) is -3.58. The summed E-state index contributed by atoms with van der Waals surface area (Å²) in [5, 5.41) is 9.54. The summed E-state index contributed by atoms with van der Waals surface area (Å²) < 4.78 is 27.3. The quantitative estimate of drug-likeness (QED) is 0.774. The van der Waals surface area contributed by atoms with Crippen LogP contribution in [0, 0.1) is 0 Å². The highest BCUT2D eigenvalue weighted by molar-refractivity contribution is 7.89. The van der Waals surface area contributed by atoms with Gasteiger partial charge in [0.2, 0.25) is 10.0 Å². The lowest BCUT2D eigenvalue weighted by Gasteiger charge is -2.12. The molecule has 0 saturated heterocycles. The Morgan fingerprint density at radius 1 is 1.40 bits per heavy atom. The zero-order chi connectivity index (χ0) is 14.2. The normalized spacial score (nSPS) is 15.7. The fourth-order valence-corrected chi connectivity index (χ4v) is 3.45. The minimum Gasteiger partial charge on any atom is -0.384 e. The van der Waals surface area contributed by atoms with Crippen LogP contribution in [0.25, 0.3) is 0 Å². The van der Waals surface area contributed by atoms with Crippen molar-refractivity contribution in [1.82, 2.24) is 19.9 Å². The number of sulfonamides is 1. The van der Waals surface area contributed by atoms with E-state index in [1.165, 1.54) is 6.33 Å². The smallest absolute Gasteiger partial charge is 0.241 e. The van der Waals surface area contributed by atoms with Crippen molar-refractivity contribution in [1.29, 1.82) is 0 Å². The fourth-order valence-electron chi connectivity index (χ4n) is 2.22. The Kier molecular flexibility index (Phi) is 3.19. The molecule has 2 aromatic rings. The highest BCUT2D eigenvalue weighted by Crippen LogP contribution is 2.25. The molecule has 2 heterocycles. The molecule has 1 aromatic carbocycles. The van der Waals surface area contributed by atoms with Crippen LogP contribution in [0.3, 0.4) is 0 Å². The third kappa shape index (κ3) is 2.39. The van der Waals surface area contributed by atoms with E-state index in [1.54, 1.807) is 19.1 Å². The summed E-state index contributed by atoms with van der Waals surface area (Å²) >= 11 is 0. The minimum absolute atomic E-state index is 0.247. The van der Waals surface area contributed by atoms with Crippen molar-refractivity contribution in [2.75, 3.05) is 11.9 Å². The zero-order valence-corrected chi connectivity index (χ0v) is 11.7. The number of aromatic amines is 1. The van der Waals surface area contributed by atoms with E-state index in [2.05, 4.69) is 25.2 Å². The van der Waals surface area contributed by atoms with Crippen LogP contribution in [0.5, 0.6) is 0 Å². The maximum absolute atomic E-state index is 12.3. The number of rotatable bonds is 4. The van der Waals surface area contributed by atoms with E-state index < -0.39 is 16.1 Å². The number of H-pyrrole nitrogens is 1. The summed E-state index contributed by atoms with van der Waals surface area (Å²) in [6.07, 6.45) is 2.27. The summed E-state index contributed by atoms with van der Waals surface area (Å²) in [4.78, 5) is 4.19. The molecular weight excluding hydrogens is 278 g/mol. The maximum Gasteiger partial charge on any atom is 0.241 e. The van der Waals surface area contributed by atoms with Gasteiger partial charge in [0.05, 0.1) is 10.9 Å². The monoisotopic (exact) mass is 293 g/mol. The van der Waals surface area contributed by atoms with Crippen molar-refractivity contribution in [2.24, 2.45) is 0 Å². The van der Waals surface area contributed by atoms with Crippen LogP contribution in [-0.2, 0) is 16.4 Å². The van der Waals surface area contributed by atoms with Crippen LogP contribution >= 0.6 is 0 Å². The van der Waals surface area contributed by atoms with E-state index in [-0.39, 0.29) is 4.90 Å². The molecule has 106 valence electrons. The summed E-state index contributed by atoms with van der Waals surface area (Å²) in [6.45, 7) is 2.56. The number of nitrogens with zero attached hydrogens (tertiary/aromatic N) is 2. The molecule has 1 atom stereocenters. The number of nitrogens with one attached hydrogen (secondary N) is 3. The van der Waals surface area contributed by atoms with E-state index in [4.69, 9.17) is 0 Å². The largest absolute Gasteiger partial charge is 0.384 e. The van der Waals surface area contributed by atoms with E-state index in [9.17, 15) is 8.42 Å². The van der Waals surface area contributed by atoms with Crippen molar-refractivity contribution in [3.05, 3.63) is 35.9 Å². The first kappa shape index (κ1) is 13.1. The van der Waals surface area contributed by atoms with Gasteiger partial charge in [0, 0.05) is 12.2 Å². The molecular formula is C12H15N5O2S. The van der Waals surface area contributed by atoms with Gasteiger partial charge in [0.1, 0.15) is 12.2 Å². The first-order valence-electron chi connectivity index (χ1n) is 6.31. The highest BCUT2D eigenvalue weighted by atomic mass is 32.2. The Morgan fingerprint density at radius 3 is 3.00 bits per heavy atom. The van der Waals surface area contributed by atoms with Gasteiger partial charge in [-0.25, -0.2) is 18.1 Å². The SMILES string of the molecule is CC(NS(=O)(=O)c1ccc2c(c1)NCC2)c1ncn[nH]1. The third-order valence-corrected chi connectivity index (χ3v) is 4.82. The molecule has 0 amide bonds. The van der Waals surface area contributed by atoms with Crippen LogP contribution in [0.1, 0.15) is 24.4 Å². The molecule has 0 fully saturated rings. The number of anilines is 1. The molecule has 0 radical (unpaired) electrons. The molecule has 0 spiro atoms. The standard InChI is InChI=1S/C12H15N5O2S/c1-8(12-14-7-15-16-12)17-20(18,19)10-3-2-9-4-5-13-11(9)6-10/h2-3,6-8,13,17H,4-5H2,1H3,(H,14,15,16). The Balaban J connectivity index is 1.85. The Morgan fingerprint density at radius 2 is 2.25 bits per heavy atom. The highest BCUT2D eigenvalue weighted by Gasteiger charge is 2.21. The van der Waals surface area contributed by atoms with Crippen molar-refractivity contribution < 1.29 is 8.42 Å². The van der Waals surface area contributed by atoms with Gasteiger partial charge in [-0.1, -0.05) is 6.07 Å². The lowest BCUT2D eigenvalue weighted by Crippen LogP contribution is -2.27. The van der Waals surface area contributed by atoms with Gasteiger partial charge in [-0.05, 0) is 31.0 Å². The predicted octanol–water partition coefficient (Wildman–Crippen LogP) is 0.812. The Labute approximate surface area is 116 Å². The van der Waals surface area contributed by atoms with Crippen LogP contribution in [-0.4, -0.2) is 30.1 Å². The Hall–Kier alpha value is -1.93. The molecule has 1 unspecified atom stereocenters. The molecule has 7 nitrogen and oxygen atoms in total. The molecule has 0 aliphatic carbocycles. The summed E-state index contributed by atoms with van der Waals surface area (Å²) in [5.74, 6) is 0.480. The molecule has 1 aliphatic heterocycles. The number of fused-ring (bicyclic) bond motifs is 1. The van der Waals surface area contributed by atoms with E-state index in [1.807, 2.05) is 6.07 Å². The topological polar surface area (TPSA) is 99.8 Å². The fraction of sp³-hybridized carbons (Fsp3) is 0.333. The molecule has 3 N–H and O–H groups in total. The maximum atomic E-state index is 12.3. The first-order valence-corrected chi connectivity index (χ1v) is 7.79. The molecule has 3 rings (SSSR count). The molecule has 8 heteroatoms. The van der Waals surface area contributed by atoms with Gasteiger partial charge < -0.3 is 5.32 Å². The molecule has 1 aromatic heterocycles. The average Bonchev–Trinajstić information content (AvgIpc) is 3.08. The third-order valence-electron chi connectivity index (χ3n) is 3.28. The van der Waals surface area contributed by atoms with Crippen LogP contribution < -0.4 is 10.0 Å². The van der Waals surface area contributed by atoms with Crippen molar-refractivity contribution >= 4 is 15.7 Å². The number of aromatic nitrogens is 3. The predicted molar refractivity (Wildman–Crippen MR) is 73.8 cm³/mol. The van der Waals surface area contributed by atoms with E-state index in [0.29, 0.717) is 5.82 Å². The van der Waals surface area contributed by atoms with Crippen LogP contribution in [0.15, 0.2) is 29.4 Å². The zero-order valence-electron chi connectivity index (χ0n) is 10.9. The van der Waals surface area contributed by atoms with Gasteiger partial charge in [-0.15, -0.1) is 0 Å². The lowest BCUT2D eigenvalue weighted by molar-refractivity contribution is 0.560. The van der Waals surface area contributed by atoms with Gasteiger partial charge in [0.15, 0.2) is 0 Å². The minimum atomic E-state index is -3.58. The van der Waals surface area contributed by atoms with Crippen LogP contribution in [0.2, 0.25) is 0 Å². The van der Waals surface area contributed by atoms with Crippen molar-refractivity contribution in [2.45, 2.75) is 24.3 Å². The van der Waals surface area contributed by atoms with Gasteiger partial charge in [0.25, 0.3) is 0 Å². The number of hydrogen-bond donors (Lipinski definition) is 3. The molecule has 0 saturated carbocycles. The lowest BCUT2D eigenvalue weighted by atomic mass is 10.2. The first-order chi connectivity index (χ1) is 9.56.